The summed E-state index contributed by atoms with van der Waals surface area (Å²) in [7, 11) is 0. The molecule has 3 aromatic rings. The maximum absolute atomic E-state index is 12.6. The van der Waals surface area contributed by atoms with E-state index in [0.717, 1.165) is 30.1 Å². The van der Waals surface area contributed by atoms with Crippen molar-refractivity contribution in [2.75, 3.05) is 0 Å². The van der Waals surface area contributed by atoms with Crippen molar-refractivity contribution in [1.82, 2.24) is 30.0 Å². The summed E-state index contributed by atoms with van der Waals surface area (Å²) < 4.78 is 2.12. The van der Waals surface area contributed by atoms with E-state index in [1.54, 1.807) is 24.8 Å². The molecule has 0 radical (unpaired) electrons. The number of H-pyrrole nitrogens is 1. The molecule has 0 spiro atoms. The molecule has 0 unspecified atom stereocenters. The van der Waals surface area contributed by atoms with E-state index in [9.17, 15) is 4.79 Å². The Labute approximate surface area is 151 Å². The number of benzene rings is 1. The van der Waals surface area contributed by atoms with Gasteiger partial charge in [-0.05, 0) is 25.0 Å². The molecule has 1 fully saturated rings. The van der Waals surface area contributed by atoms with Gasteiger partial charge in [0.05, 0.1) is 6.54 Å². The van der Waals surface area contributed by atoms with Crippen LogP contribution in [0.15, 0.2) is 43.0 Å². The van der Waals surface area contributed by atoms with Gasteiger partial charge in [-0.25, -0.2) is 4.98 Å². The van der Waals surface area contributed by atoms with Crippen LogP contribution in [-0.2, 0) is 6.54 Å². The molecule has 1 saturated carbocycles. The fourth-order valence-corrected chi connectivity index (χ4v) is 3.55. The molecule has 0 atom stereocenters. The number of rotatable bonds is 5. The van der Waals surface area contributed by atoms with Gasteiger partial charge < -0.3 is 14.9 Å². The van der Waals surface area contributed by atoms with E-state index in [2.05, 4.69) is 30.0 Å². The van der Waals surface area contributed by atoms with E-state index < -0.39 is 0 Å². The largest absolute Gasteiger partial charge is 0.345 e. The smallest absolute Gasteiger partial charge is 0.251 e. The van der Waals surface area contributed by atoms with Crippen LogP contribution < -0.4 is 5.32 Å². The maximum atomic E-state index is 12.6. The second-order valence-corrected chi connectivity index (χ2v) is 6.65. The predicted molar refractivity (Wildman–Crippen MR) is 97.3 cm³/mol. The summed E-state index contributed by atoms with van der Waals surface area (Å²) in [6.45, 7) is 0.375. The standard InChI is InChI=1S/C19H22N6O/c26-19(15-6-4-5-14(11-15)18-20-9-10-21-18)22-12-17-24-23-13-25(17)16-7-2-1-3-8-16/h4-6,9-11,13,16H,1-3,7-8,12H2,(H,20,21)(H,22,26). The highest BCUT2D eigenvalue weighted by Crippen LogP contribution is 2.28. The fraction of sp³-hybridized carbons (Fsp3) is 0.368. The normalized spacial score (nSPS) is 15.1. The monoisotopic (exact) mass is 350 g/mol. The Morgan fingerprint density at radius 3 is 2.96 bits per heavy atom. The van der Waals surface area contributed by atoms with Crippen molar-refractivity contribution in [2.45, 2.75) is 44.7 Å². The minimum atomic E-state index is -0.128. The van der Waals surface area contributed by atoms with E-state index in [-0.39, 0.29) is 5.91 Å². The second-order valence-electron chi connectivity index (χ2n) is 6.65. The van der Waals surface area contributed by atoms with Gasteiger partial charge in [-0.3, -0.25) is 4.79 Å². The number of nitrogens with zero attached hydrogens (tertiary/aromatic N) is 4. The van der Waals surface area contributed by atoms with E-state index in [0.29, 0.717) is 18.2 Å². The van der Waals surface area contributed by atoms with E-state index in [1.807, 2.05) is 18.2 Å². The highest BCUT2D eigenvalue weighted by Gasteiger charge is 2.19. The first-order chi connectivity index (χ1) is 12.8. The zero-order chi connectivity index (χ0) is 17.8. The van der Waals surface area contributed by atoms with Gasteiger partial charge in [0.15, 0.2) is 5.82 Å². The summed E-state index contributed by atoms with van der Waals surface area (Å²) in [5.74, 6) is 1.43. The predicted octanol–water partition coefficient (Wildman–Crippen LogP) is 3.10. The van der Waals surface area contributed by atoms with Crippen molar-refractivity contribution >= 4 is 5.91 Å². The number of hydrogen-bond acceptors (Lipinski definition) is 4. The highest BCUT2D eigenvalue weighted by atomic mass is 16.1. The highest BCUT2D eigenvalue weighted by molar-refractivity contribution is 5.95. The lowest BCUT2D eigenvalue weighted by Gasteiger charge is -2.24. The molecule has 2 heterocycles. The number of aromatic nitrogens is 5. The van der Waals surface area contributed by atoms with Gasteiger partial charge >= 0.3 is 0 Å². The lowest BCUT2D eigenvalue weighted by molar-refractivity contribution is 0.0949. The summed E-state index contributed by atoms with van der Waals surface area (Å²) >= 11 is 0. The quantitative estimate of drug-likeness (QED) is 0.740. The molecule has 2 aromatic heterocycles. The fourth-order valence-electron chi connectivity index (χ4n) is 3.55. The molecule has 134 valence electrons. The summed E-state index contributed by atoms with van der Waals surface area (Å²) in [6.07, 6.45) is 11.4. The Morgan fingerprint density at radius 1 is 1.27 bits per heavy atom. The topological polar surface area (TPSA) is 88.5 Å². The van der Waals surface area contributed by atoms with Crippen molar-refractivity contribution in [1.29, 1.82) is 0 Å². The minimum Gasteiger partial charge on any atom is -0.345 e. The lowest BCUT2D eigenvalue weighted by atomic mass is 9.95. The SMILES string of the molecule is O=C(NCc1nncn1C1CCCCC1)c1cccc(-c2ncc[nH]2)c1. The number of imidazole rings is 1. The molecule has 7 nitrogen and oxygen atoms in total. The average molecular weight is 350 g/mol. The molecule has 7 heteroatoms. The van der Waals surface area contributed by atoms with Gasteiger partial charge in [-0.2, -0.15) is 0 Å². The third-order valence-electron chi connectivity index (χ3n) is 4.92. The van der Waals surface area contributed by atoms with E-state index >= 15 is 0 Å². The summed E-state index contributed by atoms with van der Waals surface area (Å²) in [5.41, 5.74) is 1.48. The van der Waals surface area contributed by atoms with Gasteiger partial charge in [0, 0.05) is 29.6 Å². The van der Waals surface area contributed by atoms with Crippen LogP contribution in [0.4, 0.5) is 0 Å². The van der Waals surface area contributed by atoms with Crippen molar-refractivity contribution in [2.24, 2.45) is 0 Å². The number of carbonyl (C=O) groups excluding carboxylic acids is 1. The lowest BCUT2D eigenvalue weighted by Crippen LogP contribution is -2.26. The summed E-state index contributed by atoms with van der Waals surface area (Å²) in [6, 6.07) is 7.87. The van der Waals surface area contributed by atoms with Gasteiger partial charge in [0.2, 0.25) is 0 Å². The zero-order valence-corrected chi connectivity index (χ0v) is 14.6. The average Bonchev–Trinajstić information content (AvgIpc) is 3.39. The van der Waals surface area contributed by atoms with Crippen LogP contribution in [0, 0.1) is 0 Å². The maximum Gasteiger partial charge on any atom is 0.251 e. The molecule has 1 aliphatic carbocycles. The molecule has 26 heavy (non-hydrogen) atoms. The number of carbonyl (C=O) groups is 1. The van der Waals surface area contributed by atoms with Crippen molar-refractivity contribution in [3.63, 3.8) is 0 Å². The van der Waals surface area contributed by atoms with Gasteiger partial charge in [-0.15, -0.1) is 10.2 Å². The van der Waals surface area contributed by atoms with Crippen LogP contribution in [0.5, 0.6) is 0 Å². The first-order valence-electron chi connectivity index (χ1n) is 9.07. The Balaban J connectivity index is 1.43. The Kier molecular flexibility index (Phi) is 4.77. The molecule has 0 aliphatic heterocycles. The molecule has 0 bridgehead atoms. The van der Waals surface area contributed by atoms with Crippen LogP contribution in [0.3, 0.4) is 0 Å². The van der Waals surface area contributed by atoms with Crippen molar-refractivity contribution in [3.8, 4) is 11.4 Å². The van der Waals surface area contributed by atoms with Crippen molar-refractivity contribution in [3.05, 3.63) is 54.4 Å². The van der Waals surface area contributed by atoms with Crippen LogP contribution in [0.2, 0.25) is 0 Å². The molecular weight excluding hydrogens is 328 g/mol. The molecule has 4 rings (SSSR count). The molecular formula is C19H22N6O. The van der Waals surface area contributed by atoms with Gasteiger partial charge in [0.25, 0.3) is 5.91 Å². The Hall–Kier alpha value is -2.96. The Morgan fingerprint density at radius 2 is 2.15 bits per heavy atom. The van der Waals surface area contributed by atoms with E-state index in [1.165, 1.54) is 19.3 Å². The first kappa shape index (κ1) is 16.5. The van der Waals surface area contributed by atoms with Crippen LogP contribution in [-0.4, -0.2) is 30.6 Å². The van der Waals surface area contributed by atoms with Crippen LogP contribution in [0.1, 0.15) is 54.3 Å². The zero-order valence-electron chi connectivity index (χ0n) is 14.6. The number of hydrogen-bond donors (Lipinski definition) is 2. The Bertz CT molecular complexity index is 864. The number of amides is 1. The molecule has 0 saturated heterocycles. The molecule has 1 aliphatic rings. The van der Waals surface area contributed by atoms with Crippen LogP contribution in [0.25, 0.3) is 11.4 Å². The van der Waals surface area contributed by atoms with Crippen molar-refractivity contribution < 1.29 is 4.79 Å². The van der Waals surface area contributed by atoms with Gasteiger partial charge in [0.1, 0.15) is 12.2 Å². The molecule has 1 aromatic carbocycles. The minimum absolute atomic E-state index is 0.128. The number of nitrogens with one attached hydrogen (secondary N) is 2. The third kappa shape index (κ3) is 3.51. The number of aromatic amines is 1. The molecule has 2 N–H and O–H groups in total. The molecule has 1 amide bonds. The third-order valence-corrected chi connectivity index (χ3v) is 4.92. The summed E-state index contributed by atoms with van der Waals surface area (Å²) in [4.78, 5) is 19.8. The van der Waals surface area contributed by atoms with E-state index in [4.69, 9.17) is 0 Å². The summed E-state index contributed by atoms with van der Waals surface area (Å²) in [5, 5.41) is 11.2. The van der Waals surface area contributed by atoms with Crippen LogP contribution >= 0.6 is 0 Å². The first-order valence-corrected chi connectivity index (χ1v) is 9.07. The second kappa shape index (κ2) is 7.51. The van der Waals surface area contributed by atoms with Gasteiger partial charge in [-0.1, -0.05) is 31.4 Å².